The summed E-state index contributed by atoms with van der Waals surface area (Å²) in [4.78, 5) is 45.1. The molecule has 2 aromatic carbocycles. The highest BCUT2D eigenvalue weighted by molar-refractivity contribution is 8.02. The number of esters is 1. The molecule has 0 aliphatic carbocycles. The van der Waals surface area contributed by atoms with Crippen molar-refractivity contribution in [1.29, 1.82) is 0 Å². The maximum absolute atomic E-state index is 14.5. The van der Waals surface area contributed by atoms with E-state index in [2.05, 4.69) is 13.2 Å². The van der Waals surface area contributed by atoms with E-state index in [9.17, 15) is 19.5 Å². The van der Waals surface area contributed by atoms with Crippen molar-refractivity contribution in [2.75, 3.05) is 31.2 Å². The topological polar surface area (TPSA) is 87.1 Å². The van der Waals surface area contributed by atoms with Gasteiger partial charge in [-0.05, 0) is 49.1 Å². The molecule has 2 unspecified atom stereocenters. The zero-order valence-corrected chi connectivity index (χ0v) is 22.5. The molecule has 2 amide bonds. The zero-order valence-electron chi connectivity index (χ0n) is 21.7. The van der Waals surface area contributed by atoms with Gasteiger partial charge in [-0.1, -0.05) is 49.1 Å². The summed E-state index contributed by atoms with van der Waals surface area (Å²) in [6.45, 7) is 10.0. The largest absolute Gasteiger partial charge is 0.461 e. The van der Waals surface area contributed by atoms with Gasteiger partial charge < -0.3 is 19.6 Å². The van der Waals surface area contributed by atoms with E-state index in [0.717, 1.165) is 16.5 Å². The molecule has 1 spiro atoms. The Kier molecular flexibility index (Phi) is 7.13. The van der Waals surface area contributed by atoms with Crippen LogP contribution in [0.1, 0.15) is 26.2 Å². The Morgan fingerprint density at radius 3 is 2.66 bits per heavy atom. The quantitative estimate of drug-likeness (QED) is 0.367. The fraction of sp³-hybridized carbons (Fsp3) is 0.433. The van der Waals surface area contributed by atoms with Crippen molar-refractivity contribution in [3.05, 3.63) is 67.8 Å². The number of fused-ring (bicyclic) bond motifs is 2. The van der Waals surface area contributed by atoms with Crippen LogP contribution in [0.5, 0.6) is 0 Å². The van der Waals surface area contributed by atoms with Crippen molar-refractivity contribution in [3.8, 4) is 0 Å². The van der Waals surface area contributed by atoms with Crippen molar-refractivity contribution in [1.82, 2.24) is 4.90 Å². The standard InChI is InChI=1S/C30H34N2O5S/c1-4-15-31(22-12-11-20-9-6-7-10-21(20)19-22)27(35)25-30-14-13-29(3,38-30)24(28(36)37-18-5-2)23(30)26(34)32(25)16-8-17-33/h4-7,9-12,19,23-25,33H,1-2,8,13-18H2,3H3/t23-,24+,25?,29-,30?/m0/s1. The third-order valence-electron chi connectivity index (χ3n) is 8.29. The monoisotopic (exact) mass is 534 g/mol. The second kappa shape index (κ2) is 10.2. The SMILES string of the molecule is C=CCOC(=O)[C@H]1[C@H]2C(=O)N(CCCO)C(C(=O)N(CC=C)c3ccc4ccccc4c3)C23CC[C@]1(C)S3. The number of carbonyl (C=O) groups excluding carboxylic acids is 3. The number of thioether (sulfide) groups is 1. The van der Waals surface area contributed by atoms with Crippen molar-refractivity contribution in [2.24, 2.45) is 11.8 Å². The lowest BCUT2D eigenvalue weighted by molar-refractivity contribution is -0.154. The Morgan fingerprint density at radius 1 is 1.18 bits per heavy atom. The molecule has 1 N–H and O–H groups in total. The van der Waals surface area contributed by atoms with Crippen molar-refractivity contribution in [3.63, 3.8) is 0 Å². The van der Waals surface area contributed by atoms with Crippen LogP contribution in [0.2, 0.25) is 0 Å². The second-order valence-corrected chi connectivity index (χ2v) is 12.4. The van der Waals surface area contributed by atoms with E-state index in [1.54, 1.807) is 27.6 Å². The van der Waals surface area contributed by atoms with E-state index in [-0.39, 0.29) is 38.1 Å². The fourth-order valence-electron chi connectivity index (χ4n) is 6.72. The van der Waals surface area contributed by atoms with Gasteiger partial charge in [0.2, 0.25) is 5.91 Å². The molecular weight excluding hydrogens is 500 g/mol. The third kappa shape index (κ3) is 4.05. The fourth-order valence-corrected chi connectivity index (χ4v) is 9.06. The molecule has 38 heavy (non-hydrogen) atoms. The zero-order chi connectivity index (χ0) is 27.1. The van der Waals surface area contributed by atoms with Crippen LogP contribution in [0.3, 0.4) is 0 Å². The number of aliphatic hydroxyl groups is 1. The van der Waals surface area contributed by atoms with Gasteiger partial charge in [-0.3, -0.25) is 14.4 Å². The van der Waals surface area contributed by atoms with E-state index in [1.807, 2.05) is 49.4 Å². The number of amides is 2. The Labute approximate surface area is 227 Å². The van der Waals surface area contributed by atoms with Crippen LogP contribution in [0, 0.1) is 11.8 Å². The van der Waals surface area contributed by atoms with Crippen molar-refractivity contribution in [2.45, 2.75) is 41.7 Å². The van der Waals surface area contributed by atoms with Gasteiger partial charge in [0.15, 0.2) is 0 Å². The minimum absolute atomic E-state index is 0.0790. The van der Waals surface area contributed by atoms with Gasteiger partial charge in [0, 0.05) is 30.1 Å². The molecule has 0 aromatic heterocycles. The normalized spacial score (nSPS) is 29.4. The molecule has 2 bridgehead atoms. The maximum Gasteiger partial charge on any atom is 0.311 e. The molecule has 3 aliphatic heterocycles. The first kappa shape index (κ1) is 26.5. The van der Waals surface area contributed by atoms with E-state index in [1.165, 1.54) is 6.08 Å². The number of carbonyl (C=O) groups is 3. The number of hydrogen-bond acceptors (Lipinski definition) is 6. The van der Waals surface area contributed by atoms with Crippen LogP contribution in [-0.2, 0) is 19.1 Å². The van der Waals surface area contributed by atoms with Gasteiger partial charge in [0.1, 0.15) is 12.6 Å². The molecule has 8 heteroatoms. The first-order chi connectivity index (χ1) is 18.3. The van der Waals surface area contributed by atoms with Crippen LogP contribution >= 0.6 is 11.8 Å². The molecule has 2 aromatic rings. The number of aliphatic hydroxyl groups excluding tert-OH is 1. The lowest BCUT2D eigenvalue weighted by Crippen LogP contribution is -2.55. The first-order valence-corrected chi connectivity index (χ1v) is 13.9. The molecule has 0 saturated carbocycles. The summed E-state index contributed by atoms with van der Waals surface area (Å²) < 4.78 is 4.23. The van der Waals surface area contributed by atoms with Crippen LogP contribution in [0.25, 0.3) is 10.8 Å². The highest BCUT2D eigenvalue weighted by atomic mass is 32.2. The Bertz CT molecular complexity index is 1300. The molecule has 3 heterocycles. The van der Waals surface area contributed by atoms with Crippen LogP contribution in [-0.4, -0.2) is 69.6 Å². The van der Waals surface area contributed by atoms with Crippen LogP contribution in [0.15, 0.2) is 67.8 Å². The number of anilines is 1. The number of hydrogen-bond donors (Lipinski definition) is 1. The lowest BCUT2D eigenvalue weighted by atomic mass is 9.66. The third-order valence-corrected chi connectivity index (χ3v) is 10.3. The minimum atomic E-state index is -0.762. The highest BCUT2D eigenvalue weighted by Crippen LogP contribution is 2.71. The average molecular weight is 535 g/mol. The number of benzene rings is 2. The number of nitrogens with zero attached hydrogens (tertiary/aromatic N) is 2. The molecule has 3 aliphatic rings. The van der Waals surface area contributed by atoms with Crippen LogP contribution in [0.4, 0.5) is 5.69 Å². The minimum Gasteiger partial charge on any atom is -0.461 e. The molecule has 5 rings (SSSR count). The number of ether oxygens (including phenoxy) is 1. The van der Waals surface area contributed by atoms with Crippen molar-refractivity contribution < 1.29 is 24.2 Å². The van der Waals surface area contributed by atoms with Crippen molar-refractivity contribution >= 4 is 46.0 Å². The highest BCUT2D eigenvalue weighted by Gasteiger charge is 2.77. The average Bonchev–Trinajstić information content (AvgIpc) is 3.49. The van der Waals surface area contributed by atoms with Crippen LogP contribution < -0.4 is 4.90 Å². The van der Waals surface area contributed by atoms with Gasteiger partial charge in [0.05, 0.1) is 16.6 Å². The second-order valence-electron chi connectivity index (χ2n) is 10.5. The molecule has 7 nitrogen and oxygen atoms in total. The number of rotatable bonds is 10. The molecule has 5 atom stereocenters. The first-order valence-electron chi connectivity index (χ1n) is 13.1. The van der Waals surface area contributed by atoms with E-state index in [0.29, 0.717) is 19.3 Å². The Morgan fingerprint density at radius 2 is 1.95 bits per heavy atom. The summed E-state index contributed by atoms with van der Waals surface area (Å²) in [5.41, 5.74) is 0.730. The van der Waals surface area contributed by atoms with Gasteiger partial charge in [-0.15, -0.1) is 18.3 Å². The maximum atomic E-state index is 14.5. The summed E-state index contributed by atoms with van der Waals surface area (Å²) in [5, 5.41) is 11.7. The van der Waals surface area contributed by atoms with Gasteiger partial charge in [-0.25, -0.2) is 0 Å². The molecule has 3 fully saturated rings. The Balaban J connectivity index is 1.57. The summed E-state index contributed by atoms with van der Waals surface area (Å²) in [6.07, 6.45) is 4.92. The lowest BCUT2D eigenvalue weighted by Gasteiger charge is -2.37. The van der Waals surface area contributed by atoms with E-state index >= 15 is 0 Å². The summed E-state index contributed by atoms with van der Waals surface area (Å²) >= 11 is 1.61. The molecule has 200 valence electrons. The molecule has 0 radical (unpaired) electrons. The Hall–Kier alpha value is -3.10. The van der Waals surface area contributed by atoms with E-state index in [4.69, 9.17) is 4.74 Å². The summed E-state index contributed by atoms with van der Waals surface area (Å²) in [5.74, 6) is -2.10. The van der Waals surface area contributed by atoms with Gasteiger partial charge in [-0.2, -0.15) is 0 Å². The predicted octanol–water partition coefficient (Wildman–Crippen LogP) is 3.95. The number of likely N-dealkylation sites (tertiary alicyclic amines) is 1. The summed E-state index contributed by atoms with van der Waals surface area (Å²) in [7, 11) is 0. The molecule has 3 saturated heterocycles. The smallest absolute Gasteiger partial charge is 0.311 e. The van der Waals surface area contributed by atoms with E-state index < -0.39 is 33.3 Å². The summed E-state index contributed by atoms with van der Waals surface area (Å²) in [6, 6.07) is 13.1. The molecular formula is C30H34N2O5S. The predicted molar refractivity (Wildman–Crippen MR) is 150 cm³/mol. The van der Waals surface area contributed by atoms with Gasteiger partial charge in [0.25, 0.3) is 5.91 Å². The van der Waals surface area contributed by atoms with Gasteiger partial charge >= 0.3 is 5.97 Å².